The van der Waals surface area contributed by atoms with Gasteiger partial charge in [0.15, 0.2) is 0 Å². The zero-order valence-electron chi connectivity index (χ0n) is 13.7. The summed E-state index contributed by atoms with van der Waals surface area (Å²) in [4.78, 5) is 14.1. The van der Waals surface area contributed by atoms with Gasteiger partial charge in [-0.2, -0.15) is 0 Å². The van der Waals surface area contributed by atoms with E-state index in [9.17, 15) is 4.79 Å². The third-order valence-electron chi connectivity index (χ3n) is 3.52. The number of benzene rings is 2. The summed E-state index contributed by atoms with van der Waals surface area (Å²) < 4.78 is 10.5. The number of rotatable bonds is 6. The minimum atomic E-state index is -0.481. The number of carbonyl (C=O) groups excluding carboxylic acids is 1. The SMILES string of the molecule is CCOC(=O)C(C)N(c1ccc(N)cc1)c1cccc(OC)c1. The van der Waals surface area contributed by atoms with Crippen molar-refractivity contribution in [2.45, 2.75) is 19.9 Å². The van der Waals surface area contributed by atoms with Crippen molar-refractivity contribution >= 4 is 23.0 Å². The van der Waals surface area contributed by atoms with Crippen molar-refractivity contribution in [3.63, 3.8) is 0 Å². The van der Waals surface area contributed by atoms with Crippen LogP contribution in [0.15, 0.2) is 48.5 Å². The molecule has 0 aromatic heterocycles. The van der Waals surface area contributed by atoms with E-state index in [0.717, 1.165) is 17.1 Å². The van der Waals surface area contributed by atoms with Gasteiger partial charge in [-0.1, -0.05) is 6.07 Å². The molecule has 0 aliphatic carbocycles. The third-order valence-corrected chi connectivity index (χ3v) is 3.52. The molecule has 1 unspecified atom stereocenters. The van der Waals surface area contributed by atoms with Crippen molar-refractivity contribution in [1.82, 2.24) is 0 Å². The molecule has 0 amide bonds. The monoisotopic (exact) mass is 314 g/mol. The fourth-order valence-corrected chi connectivity index (χ4v) is 2.36. The Morgan fingerprint density at radius 2 is 1.87 bits per heavy atom. The van der Waals surface area contributed by atoms with Crippen LogP contribution in [-0.4, -0.2) is 25.7 Å². The first kappa shape index (κ1) is 16.7. The van der Waals surface area contributed by atoms with Crippen molar-refractivity contribution in [3.8, 4) is 5.75 Å². The lowest BCUT2D eigenvalue weighted by atomic mass is 10.1. The molecule has 0 aliphatic rings. The van der Waals surface area contributed by atoms with Crippen LogP contribution in [0.25, 0.3) is 0 Å². The largest absolute Gasteiger partial charge is 0.497 e. The number of ether oxygens (including phenoxy) is 2. The number of nitrogen functional groups attached to an aromatic ring is 1. The second kappa shape index (κ2) is 7.54. The molecule has 2 N–H and O–H groups in total. The van der Waals surface area contributed by atoms with Crippen LogP contribution in [0.2, 0.25) is 0 Å². The Labute approximate surface area is 136 Å². The molecule has 0 saturated heterocycles. The lowest BCUT2D eigenvalue weighted by Gasteiger charge is -2.30. The standard InChI is InChI=1S/C18H22N2O3/c1-4-23-18(21)13(2)20(15-10-8-14(19)9-11-15)16-6-5-7-17(12-16)22-3/h5-13H,4,19H2,1-3H3. The molecule has 5 nitrogen and oxygen atoms in total. The Balaban J connectivity index is 2.45. The average Bonchev–Trinajstić information content (AvgIpc) is 2.57. The number of carbonyl (C=O) groups is 1. The van der Waals surface area contributed by atoms with Gasteiger partial charge in [-0.25, -0.2) is 4.79 Å². The van der Waals surface area contributed by atoms with Gasteiger partial charge < -0.3 is 20.1 Å². The number of anilines is 3. The van der Waals surface area contributed by atoms with E-state index in [0.29, 0.717) is 12.3 Å². The lowest BCUT2D eigenvalue weighted by molar-refractivity contribution is -0.144. The van der Waals surface area contributed by atoms with Gasteiger partial charge in [-0.3, -0.25) is 0 Å². The lowest BCUT2D eigenvalue weighted by Crippen LogP contribution is -2.36. The molecule has 1 atom stereocenters. The van der Waals surface area contributed by atoms with E-state index in [1.165, 1.54) is 0 Å². The van der Waals surface area contributed by atoms with Crippen molar-refractivity contribution < 1.29 is 14.3 Å². The Hall–Kier alpha value is -2.69. The second-order valence-electron chi connectivity index (χ2n) is 5.09. The molecule has 0 fully saturated rings. The Morgan fingerprint density at radius 3 is 2.48 bits per heavy atom. The molecule has 0 bridgehead atoms. The van der Waals surface area contributed by atoms with Crippen molar-refractivity contribution in [1.29, 1.82) is 0 Å². The van der Waals surface area contributed by atoms with Crippen LogP contribution in [0.1, 0.15) is 13.8 Å². The quantitative estimate of drug-likeness (QED) is 0.654. The Kier molecular flexibility index (Phi) is 5.46. The number of methoxy groups -OCH3 is 1. The minimum absolute atomic E-state index is 0.285. The summed E-state index contributed by atoms with van der Waals surface area (Å²) in [5.41, 5.74) is 8.13. The maximum Gasteiger partial charge on any atom is 0.328 e. The van der Waals surface area contributed by atoms with Crippen LogP contribution in [0.3, 0.4) is 0 Å². The number of nitrogens with two attached hydrogens (primary N) is 1. The summed E-state index contributed by atoms with van der Waals surface area (Å²) in [5, 5.41) is 0. The summed E-state index contributed by atoms with van der Waals surface area (Å²) in [7, 11) is 1.61. The molecular formula is C18H22N2O3. The molecule has 0 aliphatic heterocycles. The topological polar surface area (TPSA) is 64.8 Å². The van der Waals surface area contributed by atoms with Gasteiger partial charge >= 0.3 is 5.97 Å². The highest BCUT2D eigenvalue weighted by Crippen LogP contribution is 2.31. The fraction of sp³-hybridized carbons (Fsp3) is 0.278. The van der Waals surface area contributed by atoms with Gasteiger partial charge in [0, 0.05) is 23.1 Å². The van der Waals surface area contributed by atoms with Crippen LogP contribution >= 0.6 is 0 Å². The van der Waals surface area contributed by atoms with E-state index < -0.39 is 6.04 Å². The van der Waals surface area contributed by atoms with E-state index in [1.807, 2.05) is 48.2 Å². The first-order chi connectivity index (χ1) is 11.1. The second-order valence-corrected chi connectivity index (χ2v) is 5.09. The fourth-order valence-electron chi connectivity index (χ4n) is 2.36. The maximum atomic E-state index is 12.2. The van der Waals surface area contributed by atoms with E-state index in [1.54, 1.807) is 26.2 Å². The van der Waals surface area contributed by atoms with Crippen LogP contribution in [0.5, 0.6) is 5.75 Å². The smallest absolute Gasteiger partial charge is 0.328 e. The molecular weight excluding hydrogens is 292 g/mol. The number of esters is 1. The average molecular weight is 314 g/mol. The highest BCUT2D eigenvalue weighted by atomic mass is 16.5. The normalized spacial score (nSPS) is 11.6. The van der Waals surface area contributed by atoms with Crippen molar-refractivity contribution in [2.75, 3.05) is 24.4 Å². The molecule has 23 heavy (non-hydrogen) atoms. The van der Waals surface area contributed by atoms with Gasteiger partial charge in [0.2, 0.25) is 0 Å². The van der Waals surface area contributed by atoms with Gasteiger partial charge in [0.1, 0.15) is 11.8 Å². The predicted octanol–water partition coefficient (Wildman–Crippen LogP) is 3.37. The molecule has 2 aromatic rings. The van der Waals surface area contributed by atoms with E-state index in [-0.39, 0.29) is 5.97 Å². The van der Waals surface area contributed by atoms with Crippen LogP contribution in [0.4, 0.5) is 17.1 Å². The molecule has 122 valence electrons. The molecule has 0 radical (unpaired) electrons. The van der Waals surface area contributed by atoms with Gasteiger partial charge in [-0.05, 0) is 50.2 Å². The number of nitrogens with zero attached hydrogens (tertiary/aromatic N) is 1. The molecule has 2 rings (SSSR count). The molecule has 0 spiro atoms. The zero-order valence-corrected chi connectivity index (χ0v) is 13.7. The summed E-state index contributed by atoms with van der Waals surface area (Å²) in [5.74, 6) is 0.436. The van der Waals surface area contributed by atoms with Crippen LogP contribution < -0.4 is 15.4 Å². The molecule has 0 saturated carbocycles. The first-order valence-corrected chi connectivity index (χ1v) is 7.52. The van der Waals surface area contributed by atoms with Crippen molar-refractivity contribution in [2.24, 2.45) is 0 Å². The highest BCUT2D eigenvalue weighted by Gasteiger charge is 2.24. The summed E-state index contributed by atoms with van der Waals surface area (Å²) in [6, 6.07) is 14.4. The van der Waals surface area contributed by atoms with Crippen molar-refractivity contribution in [3.05, 3.63) is 48.5 Å². The summed E-state index contributed by atoms with van der Waals surface area (Å²) in [6.07, 6.45) is 0. The van der Waals surface area contributed by atoms with Gasteiger partial charge in [-0.15, -0.1) is 0 Å². The van der Waals surface area contributed by atoms with Gasteiger partial charge in [0.25, 0.3) is 0 Å². The first-order valence-electron chi connectivity index (χ1n) is 7.52. The predicted molar refractivity (Wildman–Crippen MR) is 92.1 cm³/mol. The molecule has 5 heteroatoms. The minimum Gasteiger partial charge on any atom is -0.497 e. The maximum absolute atomic E-state index is 12.2. The Bertz CT molecular complexity index is 656. The summed E-state index contributed by atoms with van der Waals surface area (Å²) in [6.45, 7) is 3.95. The number of hydrogen-bond donors (Lipinski definition) is 1. The summed E-state index contributed by atoms with van der Waals surface area (Å²) >= 11 is 0. The van der Waals surface area contributed by atoms with E-state index in [4.69, 9.17) is 15.2 Å². The third kappa shape index (κ3) is 3.94. The highest BCUT2D eigenvalue weighted by molar-refractivity contribution is 5.84. The number of hydrogen-bond acceptors (Lipinski definition) is 5. The van der Waals surface area contributed by atoms with Crippen LogP contribution in [-0.2, 0) is 9.53 Å². The molecule has 0 heterocycles. The van der Waals surface area contributed by atoms with Crippen LogP contribution in [0, 0.1) is 0 Å². The Morgan fingerprint density at radius 1 is 1.17 bits per heavy atom. The zero-order chi connectivity index (χ0) is 16.8. The van der Waals surface area contributed by atoms with Gasteiger partial charge in [0.05, 0.1) is 13.7 Å². The molecule has 2 aromatic carbocycles. The van der Waals surface area contributed by atoms with E-state index in [2.05, 4.69) is 0 Å². The van der Waals surface area contributed by atoms with E-state index >= 15 is 0 Å².